The van der Waals surface area contributed by atoms with Crippen LogP contribution in [0.4, 0.5) is 0 Å². The maximum Gasteiger partial charge on any atom is 0.354 e. The summed E-state index contributed by atoms with van der Waals surface area (Å²) < 4.78 is 10.2. The molecule has 5 heteroatoms. The van der Waals surface area contributed by atoms with Crippen molar-refractivity contribution in [2.75, 3.05) is 13.2 Å². The van der Waals surface area contributed by atoms with Crippen molar-refractivity contribution in [1.29, 1.82) is 0 Å². The van der Waals surface area contributed by atoms with Crippen molar-refractivity contribution >= 4 is 16.9 Å². The minimum absolute atomic E-state index is 0.0288. The van der Waals surface area contributed by atoms with Gasteiger partial charge in [0.2, 0.25) is 0 Å². The van der Waals surface area contributed by atoms with E-state index in [-0.39, 0.29) is 5.75 Å². The molecule has 0 atom stereocenters. The summed E-state index contributed by atoms with van der Waals surface area (Å²) in [7, 11) is 0. The van der Waals surface area contributed by atoms with E-state index in [2.05, 4.69) is 4.98 Å². The van der Waals surface area contributed by atoms with Gasteiger partial charge in [0.15, 0.2) is 11.5 Å². The van der Waals surface area contributed by atoms with Crippen LogP contribution in [0.3, 0.4) is 0 Å². The molecule has 0 radical (unpaired) electrons. The number of phenolic OH excluding ortho intramolecular Hbond substituents is 1. The van der Waals surface area contributed by atoms with E-state index in [0.29, 0.717) is 35.6 Å². The molecule has 0 unspecified atom stereocenters. The highest BCUT2D eigenvalue weighted by molar-refractivity contribution is 5.97. The first-order valence-electron chi connectivity index (χ1n) is 5.82. The topological polar surface area (TPSA) is 71.6 Å². The van der Waals surface area contributed by atoms with Crippen LogP contribution >= 0.6 is 0 Å². The van der Waals surface area contributed by atoms with Gasteiger partial charge in [-0.05, 0) is 32.0 Å². The Balaban J connectivity index is 2.45. The van der Waals surface area contributed by atoms with Gasteiger partial charge < -0.3 is 19.6 Å². The number of H-pyrrole nitrogens is 1. The Morgan fingerprint density at radius 2 is 2.11 bits per heavy atom. The van der Waals surface area contributed by atoms with Gasteiger partial charge in [0.1, 0.15) is 5.69 Å². The van der Waals surface area contributed by atoms with Crippen molar-refractivity contribution < 1.29 is 19.4 Å². The first-order valence-corrected chi connectivity index (χ1v) is 5.82. The SMILES string of the molecule is CCOC(=O)c1cc2c(O)c(OCC)ccc2[nH]1. The fourth-order valence-electron chi connectivity index (χ4n) is 1.76. The molecule has 96 valence electrons. The number of hydrogen-bond donors (Lipinski definition) is 2. The molecule has 2 aromatic rings. The van der Waals surface area contributed by atoms with Crippen LogP contribution in [0.1, 0.15) is 24.3 Å². The van der Waals surface area contributed by atoms with Gasteiger partial charge in [-0.2, -0.15) is 0 Å². The van der Waals surface area contributed by atoms with Gasteiger partial charge in [-0.3, -0.25) is 0 Å². The molecule has 0 amide bonds. The number of esters is 1. The van der Waals surface area contributed by atoms with Crippen LogP contribution in [0, 0.1) is 0 Å². The van der Waals surface area contributed by atoms with Crippen LogP contribution in [0.5, 0.6) is 11.5 Å². The zero-order chi connectivity index (χ0) is 13.1. The van der Waals surface area contributed by atoms with Gasteiger partial charge in [0, 0.05) is 5.39 Å². The molecule has 0 aliphatic heterocycles. The molecule has 1 aromatic heterocycles. The van der Waals surface area contributed by atoms with E-state index in [1.54, 1.807) is 25.1 Å². The fourth-order valence-corrected chi connectivity index (χ4v) is 1.76. The minimum atomic E-state index is -0.439. The van der Waals surface area contributed by atoms with E-state index >= 15 is 0 Å². The number of rotatable bonds is 4. The number of carbonyl (C=O) groups excluding carboxylic acids is 1. The summed E-state index contributed by atoms with van der Waals surface area (Å²) in [5, 5.41) is 10.6. The van der Waals surface area contributed by atoms with Crippen LogP contribution in [-0.4, -0.2) is 29.3 Å². The predicted molar refractivity (Wildman–Crippen MR) is 67.1 cm³/mol. The first-order chi connectivity index (χ1) is 8.67. The van der Waals surface area contributed by atoms with Crippen LogP contribution in [-0.2, 0) is 4.74 Å². The Hall–Kier alpha value is -2.17. The molecular weight excluding hydrogens is 234 g/mol. The van der Waals surface area contributed by atoms with Crippen LogP contribution < -0.4 is 4.74 Å². The van der Waals surface area contributed by atoms with Crippen molar-refractivity contribution in [2.45, 2.75) is 13.8 Å². The van der Waals surface area contributed by atoms with E-state index < -0.39 is 5.97 Å². The smallest absolute Gasteiger partial charge is 0.354 e. The van der Waals surface area contributed by atoms with Gasteiger partial charge in [-0.25, -0.2) is 4.79 Å². The molecule has 2 N–H and O–H groups in total. The van der Waals surface area contributed by atoms with Crippen LogP contribution in [0.15, 0.2) is 18.2 Å². The number of aromatic nitrogens is 1. The monoisotopic (exact) mass is 249 g/mol. The molecule has 5 nitrogen and oxygen atoms in total. The Morgan fingerprint density at radius 1 is 1.33 bits per heavy atom. The largest absolute Gasteiger partial charge is 0.504 e. The summed E-state index contributed by atoms with van der Waals surface area (Å²) in [6.45, 7) is 4.36. The maximum absolute atomic E-state index is 11.6. The summed E-state index contributed by atoms with van der Waals surface area (Å²) in [5.41, 5.74) is 0.981. The lowest BCUT2D eigenvalue weighted by Gasteiger charge is -2.05. The highest BCUT2D eigenvalue weighted by Crippen LogP contribution is 2.34. The Labute approximate surface area is 104 Å². The molecule has 18 heavy (non-hydrogen) atoms. The summed E-state index contributed by atoms with van der Waals surface area (Å²) >= 11 is 0. The second-order valence-electron chi connectivity index (χ2n) is 3.71. The van der Waals surface area contributed by atoms with Crippen molar-refractivity contribution in [1.82, 2.24) is 4.98 Å². The third-order valence-electron chi connectivity index (χ3n) is 2.53. The van der Waals surface area contributed by atoms with E-state index in [1.165, 1.54) is 0 Å². The normalized spacial score (nSPS) is 10.6. The number of hydrogen-bond acceptors (Lipinski definition) is 4. The summed E-state index contributed by atoms with van der Waals surface area (Å²) in [6, 6.07) is 4.97. The average molecular weight is 249 g/mol. The molecule has 0 saturated carbocycles. The summed E-state index contributed by atoms with van der Waals surface area (Å²) in [4.78, 5) is 14.5. The van der Waals surface area contributed by atoms with Crippen LogP contribution in [0.2, 0.25) is 0 Å². The second kappa shape index (κ2) is 5.00. The number of phenols is 1. The molecular formula is C13H15NO4. The Kier molecular flexibility index (Phi) is 3.41. The van der Waals surface area contributed by atoms with E-state index in [1.807, 2.05) is 6.92 Å². The number of aromatic amines is 1. The molecule has 0 aliphatic rings. The van der Waals surface area contributed by atoms with Crippen molar-refractivity contribution in [3.8, 4) is 11.5 Å². The van der Waals surface area contributed by atoms with Crippen molar-refractivity contribution in [2.24, 2.45) is 0 Å². The van der Waals surface area contributed by atoms with Gasteiger partial charge in [-0.15, -0.1) is 0 Å². The molecule has 1 heterocycles. The summed E-state index contributed by atoms with van der Waals surface area (Å²) in [5.74, 6) is -0.00776. The van der Waals surface area contributed by atoms with E-state index in [0.717, 1.165) is 0 Å². The molecule has 1 aromatic carbocycles. The Bertz CT molecular complexity index is 574. The molecule has 0 aliphatic carbocycles. The van der Waals surface area contributed by atoms with Gasteiger partial charge >= 0.3 is 5.97 Å². The minimum Gasteiger partial charge on any atom is -0.504 e. The van der Waals surface area contributed by atoms with Gasteiger partial charge in [-0.1, -0.05) is 0 Å². The number of benzene rings is 1. The molecule has 0 fully saturated rings. The highest BCUT2D eigenvalue weighted by Gasteiger charge is 2.14. The molecule has 0 spiro atoms. The zero-order valence-electron chi connectivity index (χ0n) is 10.3. The standard InChI is InChI=1S/C13H15NO4/c1-3-17-11-6-5-9-8(12(11)15)7-10(14-9)13(16)18-4-2/h5-7,14-15H,3-4H2,1-2H3. The lowest BCUT2D eigenvalue weighted by Crippen LogP contribution is -2.04. The summed E-state index contributed by atoms with van der Waals surface area (Å²) in [6.07, 6.45) is 0. The predicted octanol–water partition coefficient (Wildman–Crippen LogP) is 2.45. The quantitative estimate of drug-likeness (QED) is 0.816. The first kappa shape index (κ1) is 12.3. The number of aromatic hydroxyl groups is 1. The lowest BCUT2D eigenvalue weighted by atomic mass is 10.2. The number of ether oxygens (including phenoxy) is 2. The third-order valence-corrected chi connectivity index (χ3v) is 2.53. The fraction of sp³-hybridized carbons (Fsp3) is 0.308. The molecule has 2 rings (SSSR count). The number of carbonyl (C=O) groups is 1. The molecule has 0 saturated heterocycles. The van der Waals surface area contributed by atoms with E-state index in [4.69, 9.17) is 9.47 Å². The second-order valence-corrected chi connectivity index (χ2v) is 3.71. The Morgan fingerprint density at radius 3 is 2.78 bits per heavy atom. The molecule has 0 bridgehead atoms. The number of fused-ring (bicyclic) bond motifs is 1. The van der Waals surface area contributed by atoms with Crippen LogP contribution in [0.25, 0.3) is 10.9 Å². The van der Waals surface area contributed by atoms with Gasteiger partial charge in [0.05, 0.1) is 18.7 Å². The van der Waals surface area contributed by atoms with E-state index in [9.17, 15) is 9.90 Å². The maximum atomic E-state index is 11.6. The van der Waals surface area contributed by atoms with Crippen molar-refractivity contribution in [3.63, 3.8) is 0 Å². The van der Waals surface area contributed by atoms with Gasteiger partial charge in [0.25, 0.3) is 0 Å². The highest BCUT2D eigenvalue weighted by atomic mass is 16.5. The zero-order valence-corrected chi connectivity index (χ0v) is 10.3. The third kappa shape index (κ3) is 2.11. The average Bonchev–Trinajstić information content (AvgIpc) is 2.78. The number of nitrogens with one attached hydrogen (secondary N) is 1. The van der Waals surface area contributed by atoms with Crippen molar-refractivity contribution in [3.05, 3.63) is 23.9 Å². The lowest BCUT2D eigenvalue weighted by molar-refractivity contribution is 0.0520.